The summed E-state index contributed by atoms with van der Waals surface area (Å²) in [5.41, 5.74) is 5.00. The third-order valence-electron chi connectivity index (χ3n) is 2.88. The van der Waals surface area contributed by atoms with Crippen LogP contribution in [0.1, 0.15) is 11.4 Å². The summed E-state index contributed by atoms with van der Waals surface area (Å²) in [5, 5.41) is 0. The van der Waals surface area contributed by atoms with Crippen LogP contribution in [0.3, 0.4) is 0 Å². The molecule has 2 rings (SSSR count). The molecule has 84 valence electrons. The van der Waals surface area contributed by atoms with E-state index in [-0.39, 0.29) is 0 Å². The van der Waals surface area contributed by atoms with Crippen molar-refractivity contribution >= 4 is 5.69 Å². The van der Waals surface area contributed by atoms with Gasteiger partial charge in [0, 0.05) is 36.9 Å². The summed E-state index contributed by atoms with van der Waals surface area (Å²) < 4.78 is 2.27. The molecule has 0 spiro atoms. The molecule has 0 aliphatic heterocycles. The largest absolute Gasteiger partial charge is 0.378 e. The molecule has 0 unspecified atom stereocenters. The molecular formula is C14H18N2. The molecule has 2 heteroatoms. The van der Waals surface area contributed by atoms with Crippen LogP contribution in [0.25, 0.3) is 5.69 Å². The third kappa shape index (κ3) is 1.83. The van der Waals surface area contributed by atoms with Gasteiger partial charge in [-0.15, -0.1) is 0 Å². The fourth-order valence-corrected chi connectivity index (χ4v) is 1.99. The van der Waals surface area contributed by atoms with Crippen LogP contribution in [0.4, 0.5) is 5.69 Å². The minimum atomic E-state index is 1.23. The van der Waals surface area contributed by atoms with Gasteiger partial charge in [0.15, 0.2) is 0 Å². The molecular weight excluding hydrogens is 196 g/mol. The van der Waals surface area contributed by atoms with E-state index in [2.05, 4.69) is 73.8 Å². The van der Waals surface area contributed by atoms with E-state index in [9.17, 15) is 0 Å². The lowest BCUT2D eigenvalue weighted by Crippen LogP contribution is -2.09. The Labute approximate surface area is 97.1 Å². The van der Waals surface area contributed by atoms with Crippen LogP contribution in [0.2, 0.25) is 0 Å². The normalized spacial score (nSPS) is 10.5. The highest BCUT2D eigenvalue weighted by Crippen LogP contribution is 2.20. The Morgan fingerprint density at radius 1 is 0.938 bits per heavy atom. The van der Waals surface area contributed by atoms with Crippen molar-refractivity contribution in [2.75, 3.05) is 19.0 Å². The predicted octanol–water partition coefficient (Wildman–Crippen LogP) is 3.16. The van der Waals surface area contributed by atoms with Gasteiger partial charge in [-0.1, -0.05) is 6.07 Å². The van der Waals surface area contributed by atoms with E-state index in [4.69, 9.17) is 0 Å². The lowest BCUT2D eigenvalue weighted by Gasteiger charge is -2.15. The second-order valence-corrected chi connectivity index (χ2v) is 4.37. The molecule has 0 atom stereocenters. The molecule has 0 saturated carbocycles. The smallest absolute Gasteiger partial charge is 0.0475 e. The van der Waals surface area contributed by atoms with Crippen molar-refractivity contribution in [3.8, 4) is 5.69 Å². The number of aryl methyl sites for hydroxylation is 2. The Morgan fingerprint density at radius 2 is 1.56 bits per heavy atom. The van der Waals surface area contributed by atoms with Gasteiger partial charge in [0.2, 0.25) is 0 Å². The first kappa shape index (κ1) is 10.8. The lowest BCUT2D eigenvalue weighted by atomic mass is 10.2. The molecule has 0 radical (unpaired) electrons. The Kier molecular flexibility index (Phi) is 2.73. The maximum absolute atomic E-state index is 2.27. The van der Waals surface area contributed by atoms with Crippen molar-refractivity contribution in [3.63, 3.8) is 0 Å². The predicted molar refractivity (Wildman–Crippen MR) is 69.6 cm³/mol. The van der Waals surface area contributed by atoms with Gasteiger partial charge in [0.25, 0.3) is 0 Å². The van der Waals surface area contributed by atoms with E-state index in [1.807, 2.05) is 0 Å². The van der Waals surface area contributed by atoms with Gasteiger partial charge in [-0.05, 0) is 44.2 Å². The summed E-state index contributed by atoms with van der Waals surface area (Å²) in [5.74, 6) is 0. The zero-order valence-electron chi connectivity index (χ0n) is 10.4. The topological polar surface area (TPSA) is 8.17 Å². The highest BCUT2D eigenvalue weighted by molar-refractivity contribution is 5.53. The van der Waals surface area contributed by atoms with E-state index in [1.54, 1.807) is 0 Å². The molecule has 0 amide bonds. The first-order chi connectivity index (χ1) is 7.59. The Hall–Kier alpha value is -1.70. The van der Waals surface area contributed by atoms with Crippen LogP contribution >= 0.6 is 0 Å². The minimum Gasteiger partial charge on any atom is -0.378 e. The second-order valence-electron chi connectivity index (χ2n) is 4.37. The van der Waals surface area contributed by atoms with Crippen LogP contribution in [-0.2, 0) is 0 Å². The molecule has 0 aliphatic carbocycles. The average Bonchev–Trinajstić information content (AvgIpc) is 2.59. The van der Waals surface area contributed by atoms with Crippen LogP contribution < -0.4 is 4.90 Å². The number of benzene rings is 1. The fourth-order valence-electron chi connectivity index (χ4n) is 1.99. The van der Waals surface area contributed by atoms with Gasteiger partial charge in [-0.25, -0.2) is 0 Å². The summed E-state index contributed by atoms with van der Waals surface area (Å²) in [6, 6.07) is 12.9. The van der Waals surface area contributed by atoms with Gasteiger partial charge >= 0.3 is 0 Å². The lowest BCUT2D eigenvalue weighted by molar-refractivity contribution is 0.963. The van der Waals surface area contributed by atoms with Crippen molar-refractivity contribution in [2.24, 2.45) is 0 Å². The molecule has 1 aromatic heterocycles. The first-order valence-electron chi connectivity index (χ1n) is 5.52. The number of nitrogens with zero attached hydrogens (tertiary/aromatic N) is 2. The van der Waals surface area contributed by atoms with Gasteiger partial charge < -0.3 is 9.47 Å². The SMILES string of the molecule is Cc1ccc(C)n1-c1cccc(N(C)C)c1. The van der Waals surface area contributed by atoms with Gasteiger partial charge in [-0.2, -0.15) is 0 Å². The highest BCUT2D eigenvalue weighted by Gasteiger charge is 2.04. The maximum Gasteiger partial charge on any atom is 0.0475 e. The molecule has 1 aromatic carbocycles. The van der Waals surface area contributed by atoms with E-state index < -0.39 is 0 Å². The Balaban J connectivity index is 2.52. The van der Waals surface area contributed by atoms with Crippen LogP contribution in [0.15, 0.2) is 36.4 Å². The van der Waals surface area contributed by atoms with Crippen molar-refractivity contribution in [1.29, 1.82) is 0 Å². The van der Waals surface area contributed by atoms with E-state index in [0.29, 0.717) is 0 Å². The van der Waals surface area contributed by atoms with Crippen molar-refractivity contribution in [3.05, 3.63) is 47.8 Å². The molecule has 1 heterocycles. The Morgan fingerprint density at radius 3 is 2.12 bits per heavy atom. The second kappa shape index (κ2) is 4.05. The molecule has 16 heavy (non-hydrogen) atoms. The van der Waals surface area contributed by atoms with E-state index in [0.717, 1.165) is 0 Å². The standard InChI is InChI=1S/C14H18N2/c1-11-8-9-12(2)16(11)14-7-5-6-13(10-14)15(3)4/h5-10H,1-4H3. The number of hydrogen-bond acceptors (Lipinski definition) is 1. The van der Waals surface area contributed by atoms with Crippen LogP contribution in [0, 0.1) is 13.8 Å². The minimum absolute atomic E-state index is 1.23. The number of rotatable bonds is 2. The maximum atomic E-state index is 2.27. The summed E-state index contributed by atoms with van der Waals surface area (Å²) in [6.45, 7) is 4.27. The summed E-state index contributed by atoms with van der Waals surface area (Å²) >= 11 is 0. The number of hydrogen-bond donors (Lipinski definition) is 0. The summed E-state index contributed by atoms with van der Waals surface area (Å²) in [6.07, 6.45) is 0. The van der Waals surface area contributed by atoms with E-state index in [1.165, 1.54) is 22.8 Å². The molecule has 0 fully saturated rings. The van der Waals surface area contributed by atoms with Crippen molar-refractivity contribution < 1.29 is 0 Å². The zero-order chi connectivity index (χ0) is 11.7. The van der Waals surface area contributed by atoms with Gasteiger partial charge in [0.1, 0.15) is 0 Å². The molecule has 0 N–H and O–H groups in total. The number of anilines is 1. The molecule has 2 nitrogen and oxygen atoms in total. The Bertz CT molecular complexity index is 476. The highest BCUT2D eigenvalue weighted by atomic mass is 15.1. The van der Waals surface area contributed by atoms with Gasteiger partial charge in [-0.3, -0.25) is 0 Å². The summed E-state index contributed by atoms with van der Waals surface area (Å²) in [4.78, 5) is 2.12. The average molecular weight is 214 g/mol. The first-order valence-corrected chi connectivity index (χ1v) is 5.52. The zero-order valence-corrected chi connectivity index (χ0v) is 10.4. The summed E-state index contributed by atoms with van der Waals surface area (Å²) in [7, 11) is 4.13. The van der Waals surface area contributed by atoms with E-state index >= 15 is 0 Å². The monoisotopic (exact) mass is 214 g/mol. The van der Waals surface area contributed by atoms with Crippen molar-refractivity contribution in [2.45, 2.75) is 13.8 Å². The number of aromatic nitrogens is 1. The van der Waals surface area contributed by atoms with Crippen LogP contribution in [-0.4, -0.2) is 18.7 Å². The molecule has 0 aliphatic rings. The molecule has 2 aromatic rings. The van der Waals surface area contributed by atoms with Gasteiger partial charge in [0.05, 0.1) is 0 Å². The molecule has 0 saturated heterocycles. The third-order valence-corrected chi connectivity index (χ3v) is 2.88. The molecule has 0 bridgehead atoms. The quantitative estimate of drug-likeness (QED) is 0.745. The van der Waals surface area contributed by atoms with Crippen molar-refractivity contribution in [1.82, 2.24) is 4.57 Å². The van der Waals surface area contributed by atoms with Crippen LogP contribution in [0.5, 0.6) is 0 Å². The fraction of sp³-hybridized carbons (Fsp3) is 0.286.